The summed E-state index contributed by atoms with van der Waals surface area (Å²) in [5.41, 5.74) is 5.90. The lowest BCUT2D eigenvalue weighted by Gasteiger charge is -2.27. The van der Waals surface area contributed by atoms with E-state index in [0.29, 0.717) is 0 Å². The van der Waals surface area contributed by atoms with Crippen molar-refractivity contribution in [2.24, 2.45) is 5.84 Å². The average molecular weight is 248 g/mol. The van der Waals surface area contributed by atoms with Gasteiger partial charge in [0.05, 0.1) is 0 Å². The van der Waals surface area contributed by atoms with Crippen molar-refractivity contribution in [2.75, 3.05) is 0 Å². The van der Waals surface area contributed by atoms with Crippen LogP contribution in [-0.4, -0.2) is 0 Å². The van der Waals surface area contributed by atoms with Gasteiger partial charge in [0.15, 0.2) is 0 Å². The average Bonchev–Trinajstić information content (AvgIpc) is 2.34. The normalized spacial score (nSPS) is 13.6. The molecule has 0 saturated heterocycles. The van der Waals surface area contributed by atoms with Crippen molar-refractivity contribution < 1.29 is 0 Å². The fourth-order valence-corrected chi connectivity index (χ4v) is 2.41. The van der Waals surface area contributed by atoms with Crippen molar-refractivity contribution in [2.45, 2.75) is 64.8 Å². The van der Waals surface area contributed by atoms with Gasteiger partial charge >= 0.3 is 0 Å². The SMILES string of the molecule is CCCCCC(NN)c1ccccc1C(C)(C)C. The first-order valence-electron chi connectivity index (χ1n) is 7.06. The molecule has 1 aromatic carbocycles. The molecular weight excluding hydrogens is 220 g/mol. The first-order valence-corrected chi connectivity index (χ1v) is 7.06. The van der Waals surface area contributed by atoms with Crippen molar-refractivity contribution in [3.63, 3.8) is 0 Å². The molecule has 2 heteroatoms. The highest BCUT2D eigenvalue weighted by molar-refractivity contribution is 5.35. The minimum atomic E-state index is 0.163. The van der Waals surface area contributed by atoms with Crippen molar-refractivity contribution in [3.05, 3.63) is 35.4 Å². The maximum Gasteiger partial charge on any atom is 0.0462 e. The van der Waals surface area contributed by atoms with E-state index >= 15 is 0 Å². The molecule has 0 aliphatic carbocycles. The Hall–Kier alpha value is -0.860. The van der Waals surface area contributed by atoms with Gasteiger partial charge in [-0.15, -0.1) is 0 Å². The first-order chi connectivity index (χ1) is 8.50. The topological polar surface area (TPSA) is 38.0 Å². The van der Waals surface area contributed by atoms with Crippen LogP contribution in [0, 0.1) is 0 Å². The standard InChI is InChI=1S/C16H28N2/c1-5-6-7-12-15(18-17)13-10-8-9-11-14(13)16(2,3)4/h8-11,15,18H,5-7,12,17H2,1-4H3. The predicted octanol–water partition coefficient (Wildman–Crippen LogP) is 4.07. The maximum absolute atomic E-state index is 5.75. The molecule has 2 nitrogen and oxygen atoms in total. The van der Waals surface area contributed by atoms with E-state index in [-0.39, 0.29) is 11.5 Å². The van der Waals surface area contributed by atoms with Gasteiger partial charge in [0.1, 0.15) is 0 Å². The summed E-state index contributed by atoms with van der Waals surface area (Å²) in [5, 5.41) is 0. The highest BCUT2D eigenvalue weighted by Gasteiger charge is 2.21. The molecule has 0 saturated carbocycles. The third-order valence-corrected chi connectivity index (χ3v) is 3.44. The molecule has 0 radical (unpaired) electrons. The Bertz CT molecular complexity index is 352. The third-order valence-electron chi connectivity index (χ3n) is 3.44. The van der Waals surface area contributed by atoms with Gasteiger partial charge in [-0.05, 0) is 23.0 Å². The van der Waals surface area contributed by atoms with Gasteiger partial charge < -0.3 is 0 Å². The van der Waals surface area contributed by atoms with E-state index in [1.54, 1.807) is 0 Å². The number of nitrogens with one attached hydrogen (secondary N) is 1. The summed E-state index contributed by atoms with van der Waals surface area (Å²) >= 11 is 0. The van der Waals surface area contributed by atoms with Crippen LogP contribution in [0.15, 0.2) is 24.3 Å². The second kappa shape index (κ2) is 6.91. The summed E-state index contributed by atoms with van der Waals surface area (Å²) in [6, 6.07) is 8.92. The number of hydrogen-bond donors (Lipinski definition) is 2. The van der Waals surface area contributed by atoms with E-state index < -0.39 is 0 Å². The fraction of sp³-hybridized carbons (Fsp3) is 0.625. The Morgan fingerprint density at radius 3 is 2.39 bits per heavy atom. The molecule has 0 amide bonds. The second-order valence-electron chi connectivity index (χ2n) is 6.05. The van der Waals surface area contributed by atoms with E-state index in [1.807, 2.05) is 0 Å². The van der Waals surface area contributed by atoms with E-state index in [1.165, 1.54) is 30.4 Å². The van der Waals surface area contributed by atoms with Gasteiger partial charge in [0, 0.05) is 6.04 Å². The molecular formula is C16H28N2. The quantitative estimate of drug-likeness (QED) is 0.452. The summed E-state index contributed by atoms with van der Waals surface area (Å²) in [7, 11) is 0. The molecule has 1 atom stereocenters. The lowest BCUT2D eigenvalue weighted by atomic mass is 9.81. The van der Waals surface area contributed by atoms with Crippen molar-refractivity contribution in [3.8, 4) is 0 Å². The van der Waals surface area contributed by atoms with E-state index in [9.17, 15) is 0 Å². The van der Waals surface area contributed by atoms with Crippen molar-refractivity contribution in [1.29, 1.82) is 0 Å². The van der Waals surface area contributed by atoms with Crippen LogP contribution in [0.3, 0.4) is 0 Å². The van der Waals surface area contributed by atoms with Crippen LogP contribution >= 0.6 is 0 Å². The Morgan fingerprint density at radius 1 is 1.17 bits per heavy atom. The van der Waals surface area contributed by atoms with Crippen LogP contribution in [0.1, 0.15) is 70.5 Å². The second-order valence-corrected chi connectivity index (χ2v) is 6.05. The minimum absolute atomic E-state index is 0.163. The molecule has 1 rings (SSSR count). The van der Waals surface area contributed by atoms with Crippen molar-refractivity contribution >= 4 is 0 Å². The maximum atomic E-state index is 5.75. The minimum Gasteiger partial charge on any atom is -0.271 e. The Kier molecular flexibility index (Phi) is 5.83. The smallest absolute Gasteiger partial charge is 0.0462 e. The Morgan fingerprint density at radius 2 is 1.83 bits per heavy atom. The summed E-state index contributed by atoms with van der Waals surface area (Å²) < 4.78 is 0. The summed E-state index contributed by atoms with van der Waals surface area (Å²) in [5.74, 6) is 5.75. The Labute approximate surface area is 112 Å². The molecule has 1 unspecified atom stereocenters. The number of hydrazine groups is 1. The molecule has 0 heterocycles. The number of nitrogens with two attached hydrogens (primary N) is 1. The van der Waals surface area contributed by atoms with Crippen LogP contribution < -0.4 is 11.3 Å². The predicted molar refractivity (Wildman–Crippen MR) is 79.3 cm³/mol. The summed E-state index contributed by atoms with van der Waals surface area (Å²) in [4.78, 5) is 0. The molecule has 3 N–H and O–H groups in total. The van der Waals surface area contributed by atoms with Crippen LogP contribution in [0.25, 0.3) is 0 Å². The monoisotopic (exact) mass is 248 g/mol. The van der Waals surface area contributed by atoms with Crippen LogP contribution in [0.5, 0.6) is 0 Å². The molecule has 102 valence electrons. The molecule has 0 aromatic heterocycles. The van der Waals surface area contributed by atoms with E-state index in [4.69, 9.17) is 5.84 Å². The van der Waals surface area contributed by atoms with Crippen LogP contribution in [-0.2, 0) is 5.41 Å². The summed E-state index contributed by atoms with van der Waals surface area (Å²) in [6.45, 7) is 9.00. The molecule has 0 aliphatic rings. The number of hydrogen-bond acceptors (Lipinski definition) is 2. The highest BCUT2D eigenvalue weighted by Crippen LogP contribution is 2.31. The largest absolute Gasteiger partial charge is 0.271 e. The van der Waals surface area contributed by atoms with E-state index in [0.717, 1.165) is 6.42 Å². The van der Waals surface area contributed by atoms with Crippen molar-refractivity contribution in [1.82, 2.24) is 5.43 Å². The lowest BCUT2D eigenvalue weighted by Crippen LogP contribution is -2.30. The number of rotatable bonds is 6. The molecule has 0 bridgehead atoms. The van der Waals surface area contributed by atoms with Crippen LogP contribution in [0.2, 0.25) is 0 Å². The highest BCUT2D eigenvalue weighted by atomic mass is 15.2. The molecule has 0 spiro atoms. The van der Waals surface area contributed by atoms with Gasteiger partial charge in [-0.25, -0.2) is 0 Å². The Balaban J connectivity index is 2.91. The zero-order chi connectivity index (χ0) is 13.6. The lowest BCUT2D eigenvalue weighted by molar-refractivity contribution is 0.471. The van der Waals surface area contributed by atoms with Gasteiger partial charge in [0.2, 0.25) is 0 Å². The number of unbranched alkanes of at least 4 members (excludes halogenated alkanes) is 2. The van der Waals surface area contributed by atoms with E-state index in [2.05, 4.69) is 57.4 Å². The van der Waals surface area contributed by atoms with Crippen LogP contribution in [0.4, 0.5) is 0 Å². The van der Waals surface area contributed by atoms with Gasteiger partial charge in [-0.2, -0.15) is 0 Å². The van der Waals surface area contributed by atoms with Gasteiger partial charge in [-0.1, -0.05) is 71.2 Å². The zero-order valence-electron chi connectivity index (χ0n) is 12.3. The fourth-order valence-electron chi connectivity index (χ4n) is 2.41. The summed E-state index contributed by atoms with van der Waals surface area (Å²) in [6.07, 6.45) is 4.86. The zero-order valence-corrected chi connectivity index (χ0v) is 12.3. The van der Waals surface area contributed by atoms with Gasteiger partial charge in [0.25, 0.3) is 0 Å². The van der Waals surface area contributed by atoms with Gasteiger partial charge in [-0.3, -0.25) is 11.3 Å². The molecule has 0 fully saturated rings. The molecule has 0 aliphatic heterocycles. The first kappa shape index (κ1) is 15.2. The third kappa shape index (κ3) is 4.11. The number of benzene rings is 1. The molecule has 18 heavy (non-hydrogen) atoms. The molecule has 1 aromatic rings.